The van der Waals surface area contributed by atoms with Crippen LogP contribution >= 0.6 is 0 Å². The van der Waals surface area contributed by atoms with E-state index in [-0.39, 0.29) is 11.5 Å². The van der Waals surface area contributed by atoms with Gasteiger partial charge in [0.05, 0.1) is 11.8 Å². The first-order valence-corrected chi connectivity index (χ1v) is 7.52. The lowest BCUT2D eigenvalue weighted by Crippen LogP contribution is -2.35. The van der Waals surface area contributed by atoms with Crippen LogP contribution < -0.4 is 10.6 Å². The van der Waals surface area contributed by atoms with Gasteiger partial charge in [0, 0.05) is 19.6 Å². The zero-order valence-electron chi connectivity index (χ0n) is 13.1. The summed E-state index contributed by atoms with van der Waals surface area (Å²) in [4.78, 5) is 18.3. The second-order valence-corrected chi connectivity index (χ2v) is 4.76. The minimum atomic E-state index is -0.508. The molecule has 0 aliphatic heterocycles. The summed E-state index contributed by atoms with van der Waals surface area (Å²) in [5, 5.41) is 5.86. The molecule has 1 heterocycles. The lowest BCUT2D eigenvalue weighted by Gasteiger charge is -2.18. The van der Waals surface area contributed by atoms with Crippen LogP contribution in [0.4, 0.5) is 10.2 Å². The lowest BCUT2D eigenvalue weighted by atomic mass is 10.2. The van der Waals surface area contributed by atoms with E-state index in [2.05, 4.69) is 34.4 Å². The predicted octanol–water partition coefficient (Wildman–Crippen LogP) is 2.11. The quantitative estimate of drug-likeness (QED) is 0.733. The van der Waals surface area contributed by atoms with Crippen molar-refractivity contribution in [1.82, 2.24) is 15.2 Å². The Kier molecular flexibility index (Phi) is 7.68. The molecule has 0 atom stereocenters. The number of nitrogens with zero attached hydrogens (tertiary/aromatic N) is 2. The zero-order valence-corrected chi connectivity index (χ0v) is 13.1. The minimum Gasteiger partial charge on any atom is -0.369 e. The number of rotatable bonds is 9. The first-order valence-electron chi connectivity index (χ1n) is 7.52. The molecule has 21 heavy (non-hydrogen) atoms. The Morgan fingerprint density at radius 2 is 2.00 bits per heavy atom. The maximum atomic E-state index is 13.3. The van der Waals surface area contributed by atoms with Gasteiger partial charge in [0.25, 0.3) is 5.91 Å². The minimum absolute atomic E-state index is 0.253. The Morgan fingerprint density at radius 1 is 1.29 bits per heavy atom. The molecule has 0 unspecified atom stereocenters. The fraction of sp³-hybridized carbons (Fsp3) is 0.600. The van der Waals surface area contributed by atoms with E-state index >= 15 is 0 Å². The molecule has 0 radical (unpaired) electrons. The van der Waals surface area contributed by atoms with E-state index in [9.17, 15) is 9.18 Å². The van der Waals surface area contributed by atoms with Crippen LogP contribution in [0.2, 0.25) is 0 Å². The summed E-state index contributed by atoms with van der Waals surface area (Å²) in [6.07, 6.45) is 2.02. The summed E-state index contributed by atoms with van der Waals surface area (Å²) >= 11 is 0. The van der Waals surface area contributed by atoms with E-state index in [1.807, 2.05) is 6.92 Å². The molecule has 0 fully saturated rings. The second kappa shape index (κ2) is 9.28. The number of likely N-dealkylation sites (N-methyl/N-ethyl adjacent to an activating group) is 1. The summed E-state index contributed by atoms with van der Waals surface area (Å²) in [6.45, 7) is 10.1. The molecule has 1 aromatic rings. The van der Waals surface area contributed by atoms with E-state index in [4.69, 9.17) is 0 Å². The molecule has 118 valence electrons. The highest BCUT2D eigenvalue weighted by molar-refractivity contribution is 5.98. The molecule has 2 N–H and O–H groups in total. The Bertz CT molecular complexity index is 449. The SMILES string of the molecule is CCCNc1ncc(F)cc1C(=O)NCCN(CC)CC. The highest BCUT2D eigenvalue weighted by Gasteiger charge is 2.13. The summed E-state index contributed by atoms with van der Waals surface area (Å²) in [5.74, 6) is -0.378. The topological polar surface area (TPSA) is 57.3 Å². The summed E-state index contributed by atoms with van der Waals surface area (Å²) in [5.41, 5.74) is 0.253. The number of carbonyl (C=O) groups excluding carboxylic acids is 1. The highest BCUT2D eigenvalue weighted by atomic mass is 19.1. The molecule has 0 spiro atoms. The van der Waals surface area contributed by atoms with Gasteiger partial charge in [-0.25, -0.2) is 9.37 Å². The van der Waals surface area contributed by atoms with Crippen molar-refractivity contribution >= 4 is 11.7 Å². The summed E-state index contributed by atoms with van der Waals surface area (Å²) < 4.78 is 13.3. The number of anilines is 1. The van der Waals surface area contributed by atoms with Crippen LogP contribution in [-0.4, -0.2) is 48.5 Å². The summed E-state index contributed by atoms with van der Waals surface area (Å²) in [7, 11) is 0. The maximum absolute atomic E-state index is 13.3. The van der Waals surface area contributed by atoms with Gasteiger partial charge in [0.2, 0.25) is 0 Å². The first kappa shape index (κ1) is 17.4. The van der Waals surface area contributed by atoms with Gasteiger partial charge in [-0.15, -0.1) is 0 Å². The Hall–Kier alpha value is -1.69. The Morgan fingerprint density at radius 3 is 2.62 bits per heavy atom. The van der Waals surface area contributed by atoms with Crippen LogP contribution in [-0.2, 0) is 0 Å². The number of nitrogens with one attached hydrogen (secondary N) is 2. The Labute approximate surface area is 125 Å². The standard InChI is InChI=1S/C15H25FN4O/c1-4-7-17-14-13(10-12(16)11-19-14)15(21)18-8-9-20(5-2)6-3/h10-11H,4-9H2,1-3H3,(H,17,19)(H,18,21). The third-order valence-corrected chi connectivity index (χ3v) is 3.25. The van der Waals surface area contributed by atoms with Crippen molar-refractivity contribution in [2.75, 3.05) is 38.0 Å². The van der Waals surface area contributed by atoms with Crippen LogP contribution in [0.25, 0.3) is 0 Å². The zero-order chi connectivity index (χ0) is 15.7. The number of hydrogen-bond donors (Lipinski definition) is 2. The molecule has 0 bridgehead atoms. The fourth-order valence-corrected chi connectivity index (χ4v) is 1.96. The maximum Gasteiger partial charge on any atom is 0.255 e. The molecule has 1 aromatic heterocycles. The number of halogens is 1. The van der Waals surface area contributed by atoms with Crippen LogP contribution in [0.5, 0.6) is 0 Å². The van der Waals surface area contributed by atoms with Gasteiger partial charge in [-0.2, -0.15) is 0 Å². The molecule has 0 saturated carbocycles. The molecule has 5 nitrogen and oxygen atoms in total. The van der Waals surface area contributed by atoms with Crippen molar-refractivity contribution in [3.63, 3.8) is 0 Å². The third kappa shape index (κ3) is 5.67. The van der Waals surface area contributed by atoms with Crippen molar-refractivity contribution in [2.24, 2.45) is 0 Å². The van der Waals surface area contributed by atoms with Crippen molar-refractivity contribution in [3.8, 4) is 0 Å². The molecular formula is C15H25FN4O. The van der Waals surface area contributed by atoms with Crippen molar-refractivity contribution < 1.29 is 9.18 Å². The largest absolute Gasteiger partial charge is 0.369 e. The number of aromatic nitrogens is 1. The number of pyridine rings is 1. The van der Waals surface area contributed by atoms with Crippen molar-refractivity contribution in [2.45, 2.75) is 27.2 Å². The van der Waals surface area contributed by atoms with E-state index in [1.54, 1.807) is 0 Å². The molecule has 0 aliphatic rings. The third-order valence-electron chi connectivity index (χ3n) is 3.25. The van der Waals surface area contributed by atoms with E-state index < -0.39 is 5.82 Å². The van der Waals surface area contributed by atoms with E-state index in [1.165, 1.54) is 6.07 Å². The Balaban J connectivity index is 2.65. The van der Waals surface area contributed by atoms with Gasteiger partial charge in [-0.05, 0) is 25.6 Å². The molecule has 0 aromatic carbocycles. The van der Waals surface area contributed by atoms with Gasteiger partial charge in [0.1, 0.15) is 11.6 Å². The second-order valence-electron chi connectivity index (χ2n) is 4.76. The number of amides is 1. The first-order chi connectivity index (χ1) is 10.1. The average molecular weight is 296 g/mol. The lowest BCUT2D eigenvalue weighted by molar-refractivity contribution is 0.0949. The molecule has 1 rings (SSSR count). The molecule has 0 aliphatic carbocycles. The van der Waals surface area contributed by atoms with Gasteiger partial charge in [-0.1, -0.05) is 20.8 Å². The van der Waals surface area contributed by atoms with Gasteiger partial charge in [0.15, 0.2) is 0 Å². The number of carbonyl (C=O) groups is 1. The monoisotopic (exact) mass is 296 g/mol. The molecular weight excluding hydrogens is 271 g/mol. The van der Waals surface area contributed by atoms with Gasteiger partial charge in [-0.3, -0.25) is 4.79 Å². The van der Waals surface area contributed by atoms with Gasteiger partial charge >= 0.3 is 0 Å². The van der Waals surface area contributed by atoms with Crippen molar-refractivity contribution in [3.05, 3.63) is 23.6 Å². The highest BCUT2D eigenvalue weighted by Crippen LogP contribution is 2.13. The molecule has 1 amide bonds. The van der Waals surface area contributed by atoms with Crippen LogP contribution in [0.1, 0.15) is 37.6 Å². The fourth-order valence-electron chi connectivity index (χ4n) is 1.96. The normalized spacial score (nSPS) is 10.7. The van der Waals surface area contributed by atoms with Crippen LogP contribution in [0, 0.1) is 5.82 Å². The molecule has 0 saturated heterocycles. The van der Waals surface area contributed by atoms with Crippen molar-refractivity contribution in [1.29, 1.82) is 0 Å². The van der Waals surface area contributed by atoms with E-state index in [0.29, 0.717) is 18.9 Å². The smallest absolute Gasteiger partial charge is 0.255 e. The van der Waals surface area contributed by atoms with E-state index in [0.717, 1.165) is 32.3 Å². The van der Waals surface area contributed by atoms with Gasteiger partial charge < -0.3 is 15.5 Å². The molecule has 6 heteroatoms. The average Bonchev–Trinajstić information content (AvgIpc) is 2.50. The van der Waals surface area contributed by atoms with Crippen LogP contribution in [0.15, 0.2) is 12.3 Å². The number of hydrogen-bond acceptors (Lipinski definition) is 4. The van der Waals surface area contributed by atoms with Crippen LogP contribution in [0.3, 0.4) is 0 Å². The predicted molar refractivity (Wildman–Crippen MR) is 83.1 cm³/mol. The summed E-state index contributed by atoms with van der Waals surface area (Å²) in [6, 6.07) is 1.22.